The number of rotatable bonds is 10. The Hall–Kier alpha value is -1.59. The molecule has 0 aromatic carbocycles. The van der Waals surface area contributed by atoms with Crippen LogP contribution in [0.5, 0.6) is 0 Å². The molecule has 0 saturated carbocycles. The standard InChI is InChI=1S/C12H22N2O4/c1-10(15)13-9-7-11(16)14-8-5-3-2-4-6-12(17)18/h2-9H2,1H3,(H,13,15)(H,14,16)(H,17,18). The monoisotopic (exact) mass is 258 g/mol. The summed E-state index contributed by atoms with van der Waals surface area (Å²) < 4.78 is 0. The third-order valence-corrected chi connectivity index (χ3v) is 2.37. The van der Waals surface area contributed by atoms with Gasteiger partial charge in [0.1, 0.15) is 0 Å². The van der Waals surface area contributed by atoms with Crippen LogP contribution in [-0.4, -0.2) is 36.0 Å². The maximum atomic E-state index is 11.3. The van der Waals surface area contributed by atoms with Gasteiger partial charge in [0.2, 0.25) is 11.8 Å². The van der Waals surface area contributed by atoms with E-state index in [-0.39, 0.29) is 18.2 Å². The number of hydrogen-bond acceptors (Lipinski definition) is 3. The van der Waals surface area contributed by atoms with Crippen LogP contribution < -0.4 is 10.6 Å². The van der Waals surface area contributed by atoms with Crippen molar-refractivity contribution < 1.29 is 19.5 Å². The molecule has 104 valence electrons. The molecule has 0 aliphatic heterocycles. The molecule has 0 bridgehead atoms. The Morgan fingerprint density at radius 2 is 1.56 bits per heavy atom. The summed E-state index contributed by atoms with van der Waals surface area (Å²) in [5.41, 5.74) is 0. The average molecular weight is 258 g/mol. The Bertz CT molecular complexity index is 279. The van der Waals surface area contributed by atoms with Crippen LogP contribution in [0.3, 0.4) is 0 Å². The predicted molar refractivity (Wildman–Crippen MR) is 67.0 cm³/mol. The minimum atomic E-state index is -0.763. The van der Waals surface area contributed by atoms with Crippen molar-refractivity contribution in [3.8, 4) is 0 Å². The van der Waals surface area contributed by atoms with E-state index in [2.05, 4.69) is 10.6 Å². The van der Waals surface area contributed by atoms with Gasteiger partial charge < -0.3 is 15.7 Å². The predicted octanol–water partition coefficient (Wildman–Crippen LogP) is 0.664. The highest BCUT2D eigenvalue weighted by Gasteiger charge is 2.01. The molecule has 0 heterocycles. The third-order valence-electron chi connectivity index (χ3n) is 2.37. The van der Waals surface area contributed by atoms with Crippen LogP contribution in [0, 0.1) is 0 Å². The number of nitrogens with one attached hydrogen (secondary N) is 2. The van der Waals surface area contributed by atoms with Gasteiger partial charge in [0, 0.05) is 32.9 Å². The molecule has 0 aliphatic carbocycles. The fourth-order valence-corrected chi connectivity index (χ4v) is 1.42. The molecule has 3 N–H and O–H groups in total. The summed E-state index contributed by atoms with van der Waals surface area (Å²) >= 11 is 0. The molecule has 0 aromatic rings. The smallest absolute Gasteiger partial charge is 0.303 e. The van der Waals surface area contributed by atoms with E-state index < -0.39 is 5.97 Å². The fourth-order valence-electron chi connectivity index (χ4n) is 1.42. The Morgan fingerprint density at radius 1 is 0.889 bits per heavy atom. The molecule has 0 atom stereocenters. The first-order chi connectivity index (χ1) is 8.52. The van der Waals surface area contributed by atoms with E-state index in [1.807, 2.05) is 0 Å². The van der Waals surface area contributed by atoms with Gasteiger partial charge >= 0.3 is 5.97 Å². The van der Waals surface area contributed by atoms with Crippen molar-refractivity contribution in [2.24, 2.45) is 0 Å². The molecule has 0 aliphatic rings. The Labute approximate surface area is 107 Å². The number of hydrogen-bond donors (Lipinski definition) is 3. The number of unbranched alkanes of at least 4 members (excludes halogenated alkanes) is 3. The van der Waals surface area contributed by atoms with Gasteiger partial charge in [0.15, 0.2) is 0 Å². The zero-order valence-corrected chi connectivity index (χ0v) is 10.8. The van der Waals surface area contributed by atoms with Crippen LogP contribution in [-0.2, 0) is 14.4 Å². The van der Waals surface area contributed by atoms with Crippen LogP contribution in [0.1, 0.15) is 45.4 Å². The first kappa shape index (κ1) is 16.4. The molecule has 0 radical (unpaired) electrons. The number of carboxylic acid groups (broad SMARTS) is 1. The Balaban J connectivity index is 3.25. The molecule has 0 fully saturated rings. The molecular weight excluding hydrogens is 236 g/mol. The first-order valence-corrected chi connectivity index (χ1v) is 6.25. The highest BCUT2D eigenvalue weighted by Crippen LogP contribution is 2.02. The first-order valence-electron chi connectivity index (χ1n) is 6.25. The molecule has 2 amide bonds. The van der Waals surface area contributed by atoms with Crippen molar-refractivity contribution in [1.82, 2.24) is 10.6 Å². The summed E-state index contributed by atoms with van der Waals surface area (Å²) in [4.78, 5) is 32.1. The van der Waals surface area contributed by atoms with E-state index in [1.165, 1.54) is 6.92 Å². The second-order valence-corrected chi connectivity index (χ2v) is 4.14. The minimum absolute atomic E-state index is 0.0747. The van der Waals surface area contributed by atoms with E-state index in [0.29, 0.717) is 25.9 Å². The summed E-state index contributed by atoms with van der Waals surface area (Å²) in [7, 11) is 0. The Kier molecular flexibility index (Phi) is 9.62. The van der Waals surface area contributed by atoms with E-state index in [4.69, 9.17) is 5.11 Å². The lowest BCUT2D eigenvalue weighted by atomic mass is 10.1. The van der Waals surface area contributed by atoms with Gasteiger partial charge in [-0.2, -0.15) is 0 Å². The lowest BCUT2D eigenvalue weighted by Crippen LogP contribution is -2.30. The maximum Gasteiger partial charge on any atom is 0.303 e. The van der Waals surface area contributed by atoms with Gasteiger partial charge in [-0.3, -0.25) is 14.4 Å². The van der Waals surface area contributed by atoms with Crippen LogP contribution in [0.2, 0.25) is 0 Å². The van der Waals surface area contributed by atoms with Crippen LogP contribution >= 0.6 is 0 Å². The molecular formula is C12H22N2O4. The Morgan fingerprint density at radius 3 is 2.17 bits per heavy atom. The number of carbonyl (C=O) groups excluding carboxylic acids is 2. The van der Waals surface area contributed by atoms with Crippen molar-refractivity contribution >= 4 is 17.8 Å². The second kappa shape index (κ2) is 10.6. The zero-order valence-electron chi connectivity index (χ0n) is 10.8. The SMILES string of the molecule is CC(=O)NCCC(=O)NCCCCCCC(=O)O. The summed E-state index contributed by atoms with van der Waals surface area (Å²) in [5.74, 6) is -0.975. The average Bonchev–Trinajstić information content (AvgIpc) is 2.26. The van der Waals surface area contributed by atoms with Gasteiger partial charge in [0.25, 0.3) is 0 Å². The highest BCUT2D eigenvalue weighted by atomic mass is 16.4. The molecule has 0 saturated heterocycles. The molecule has 6 heteroatoms. The van der Waals surface area contributed by atoms with Gasteiger partial charge in [0.05, 0.1) is 0 Å². The lowest BCUT2D eigenvalue weighted by Gasteiger charge is -2.05. The van der Waals surface area contributed by atoms with E-state index in [9.17, 15) is 14.4 Å². The largest absolute Gasteiger partial charge is 0.481 e. The second-order valence-electron chi connectivity index (χ2n) is 4.14. The van der Waals surface area contributed by atoms with Crippen molar-refractivity contribution in [2.45, 2.75) is 45.4 Å². The van der Waals surface area contributed by atoms with Crippen LogP contribution in [0.4, 0.5) is 0 Å². The van der Waals surface area contributed by atoms with Gasteiger partial charge in [-0.15, -0.1) is 0 Å². The summed E-state index contributed by atoms with van der Waals surface area (Å²) in [6.07, 6.45) is 3.83. The third kappa shape index (κ3) is 12.5. The van der Waals surface area contributed by atoms with E-state index in [1.54, 1.807) is 0 Å². The van der Waals surface area contributed by atoms with E-state index >= 15 is 0 Å². The highest BCUT2D eigenvalue weighted by molar-refractivity contribution is 5.77. The van der Waals surface area contributed by atoms with Gasteiger partial charge in [-0.25, -0.2) is 0 Å². The molecule has 18 heavy (non-hydrogen) atoms. The van der Waals surface area contributed by atoms with Crippen molar-refractivity contribution in [2.75, 3.05) is 13.1 Å². The minimum Gasteiger partial charge on any atom is -0.481 e. The molecule has 0 aromatic heterocycles. The fraction of sp³-hybridized carbons (Fsp3) is 0.750. The summed E-state index contributed by atoms with van der Waals surface area (Å²) in [5, 5.41) is 13.7. The number of carboxylic acids is 1. The number of aliphatic carboxylic acids is 1. The molecule has 0 rings (SSSR count). The normalized spacial score (nSPS) is 9.83. The quantitative estimate of drug-likeness (QED) is 0.502. The number of amides is 2. The molecule has 6 nitrogen and oxygen atoms in total. The van der Waals surface area contributed by atoms with Crippen molar-refractivity contribution in [3.63, 3.8) is 0 Å². The van der Waals surface area contributed by atoms with Gasteiger partial charge in [-0.1, -0.05) is 12.8 Å². The maximum absolute atomic E-state index is 11.3. The van der Waals surface area contributed by atoms with Crippen LogP contribution in [0.25, 0.3) is 0 Å². The topological polar surface area (TPSA) is 95.5 Å². The lowest BCUT2D eigenvalue weighted by molar-refractivity contribution is -0.137. The van der Waals surface area contributed by atoms with Gasteiger partial charge in [-0.05, 0) is 12.8 Å². The van der Waals surface area contributed by atoms with E-state index in [0.717, 1.165) is 19.3 Å². The number of carbonyl (C=O) groups is 3. The van der Waals surface area contributed by atoms with Crippen LogP contribution in [0.15, 0.2) is 0 Å². The van der Waals surface area contributed by atoms with Crippen molar-refractivity contribution in [1.29, 1.82) is 0 Å². The summed E-state index contributed by atoms with van der Waals surface area (Å²) in [6, 6.07) is 0. The molecule has 0 spiro atoms. The molecule has 0 unspecified atom stereocenters. The summed E-state index contributed by atoms with van der Waals surface area (Å²) in [6.45, 7) is 2.38. The zero-order chi connectivity index (χ0) is 13.8. The van der Waals surface area contributed by atoms with Crippen molar-refractivity contribution in [3.05, 3.63) is 0 Å².